The maximum Gasteiger partial charge on any atom is -0.0171 e. The Morgan fingerprint density at radius 2 is 1.38 bits per heavy atom. The monoisotopic (exact) mass is 176 g/mol. The van der Waals surface area contributed by atoms with Gasteiger partial charge < -0.3 is 0 Å². The van der Waals surface area contributed by atoms with Crippen LogP contribution in [0, 0.1) is 23.7 Å². The molecule has 3 aliphatic carbocycles. The van der Waals surface area contributed by atoms with Gasteiger partial charge in [0, 0.05) is 0 Å². The molecule has 0 spiro atoms. The molecule has 0 aromatic heterocycles. The molecular formula is C13H20. The normalized spacial score (nSPS) is 44.5. The highest BCUT2D eigenvalue weighted by atomic mass is 14.5. The first-order chi connectivity index (χ1) is 6.45. The topological polar surface area (TPSA) is 0 Å². The molecule has 0 bridgehead atoms. The van der Waals surface area contributed by atoms with Gasteiger partial charge in [-0.2, -0.15) is 0 Å². The molecule has 13 heavy (non-hydrogen) atoms. The van der Waals surface area contributed by atoms with Gasteiger partial charge in [-0.1, -0.05) is 31.4 Å². The molecule has 0 aromatic carbocycles. The maximum absolute atomic E-state index is 2.57. The number of allylic oxidation sites excluding steroid dienone is 2. The largest absolute Gasteiger partial charge is 0.0851 e. The van der Waals surface area contributed by atoms with Gasteiger partial charge >= 0.3 is 0 Å². The second-order valence-electron chi connectivity index (χ2n) is 5.27. The lowest BCUT2D eigenvalue weighted by atomic mass is 9.85. The van der Waals surface area contributed by atoms with Crippen molar-refractivity contribution in [3.8, 4) is 0 Å². The van der Waals surface area contributed by atoms with Crippen LogP contribution in [-0.4, -0.2) is 0 Å². The van der Waals surface area contributed by atoms with Crippen LogP contribution in [0.4, 0.5) is 0 Å². The quantitative estimate of drug-likeness (QED) is 0.562. The van der Waals surface area contributed by atoms with Crippen molar-refractivity contribution in [2.45, 2.75) is 44.9 Å². The Balaban J connectivity index is 1.53. The third-order valence-electron chi connectivity index (χ3n) is 4.48. The zero-order valence-electron chi connectivity index (χ0n) is 8.41. The number of rotatable bonds is 2. The lowest BCUT2D eigenvalue weighted by Crippen LogP contribution is -2.06. The molecule has 0 heterocycles. The molecule has 0 heteroatoms. The van der Waals surface area contributed by atoms with Crippen molar-refractivity contribution in [1.82, 2.24) is 0 Å². The molecule has 2 unspecified atom stereocenters. The summed E-state index contributed by atoms with van der Waals surface area (Å²) in [5, 5.41) is 0. The molecule has 0 saturated heterocycles. The smallest absolute Gasteiger partial charge is 0.0171 e. The van der Waals surface area contributed by atoms with Gasteiger partial charge in [0.15, 0.2) is 0 Å². The average molecular weight is 176 g/mol. The zero-order valence-corrected chi connectivity index (χ0v) is 8.41. The minimum absolute atomic E-state index is 0.975. The lowest BCUT2D eigenvalue weighted by molar-refractivity contribution is 0.386. The Morgan fingerprint density at radius 3 is 1.92 bits per heavy atom. The van der Waals surface area contributed by atoms with Gasteiger partial charge in [0.25, 0.3) is 0 Å². The van der Waals surface area contributed by atoms with E-state index in [9.17, 15) is 0 Å². The Hall–Kier alpha value is -0.260. The highest BCUT2D eigenvalue weighted by molar-refractivity contribution is 5.11. The van der Waals surface area contributed by atoms with Crippen molar-refractivity contribution < 1.29 is 0 Å². The van der Waals surface area contributed by atoms with Gasteiger partial charge in [-0.05, 0) is 49.4 Å². The van der Waals surface area contributed by atoms with Gasteiger partial charge in [0.2, 0.25) is 0 Å². The number of hydrogen-bond acceptors (Lipinski definition) is 0. The van der Waals surface area contributed by atoms with Crippen molar-refractivity contribution >= 4 is 0 Å². The first-order valence-corrected chi connectivity index (χ1v) is 6.13. The summed E-state index contributed by atoms with van der Waals surface area (Å²) in [6.07, 6.45) is 15.6. The summed E-state index contributed by atoms with van der Waals surface area (Å²) in [5.74, 6) is 4.22. The summed E-state index contributed by atoms with van der Waals surface area (Å²) in [5.41, 5.74) is 0. The van der Waals surface area contributed by atoms with E-state index < -0.39 is 0 Å². The molecule has 0 aromatic rings. The van der Waals surface area contributed by atoms with E-state index in [1.54, 1.807) is 0 Å². The Morgan fingerprint density at radius 1 is 0.692 bits per heavy atom. The molecule has 0 radical (unpaired) electrons. The van der Waals surface area contributed by atoms with Gasteiger partial charge in [0.1, 0.15) is 0 Å². The van der Waals surface area contributed by atoms with E-state index in [1.165, 1.54) is 44.9 Å². The van der Waals surface area contributed by atoms with Crippen LogP contribution >= 0.6 is 0 Å². The SMILES string of the molecule is C(=CC1C2CCCCC12)C1CCC1. The summed E-state index contributed by atoms with van der Waals surface area (Å²) < 4.78 is 0. The van der Waals surface area contributed by atoms with Crippen molar-refractivity contribution in [3.05, 3.63) is 12.2 Å². The second kappa shape index (κ2) is 3.15. The minimum Gasteiger partial charge on any atom is -0.0851 e. The molecular weight excluding hydrogens is 156 g/mol. The Kier molecular flexibility index (Phi) is 1.96. The number of hydrogen-bond donors (Lipinski definition) is 0. The highest BCUT2D eigenvalue weighted by Crippen LogP contribution is 2.56. The van der Waals surface area contributed by atoms with E-state index in [4.69, 9.17) is 0 Å². The molecule has 0 aliphatic heterocycles. The van der Waals surface area contributed by atoms with Gasteiger partial charge in [0.05, 0.1) is 0 Å². The van der Waals surface area contributed by atoms with Crippen molar-refractivity contribution in [3.63, 3.8) is 0 Å². The molecule has 0 amide bonds. The first kappa shape index (κ1) is 8.08. The third kappa shape index (κ3) is 1.45. The van der Waals surface area contributed by atoms with E-state index in [1.807, 2.05) is 0 Å². The molecule has 72 valence electrons. The fraction of sp³-hybridized carbons (Fsp3) is 0.846. The minimum atomic E-state index is 0.975. The summed E-state index contributed by atoms with van der Waals surface area (Å²) in [4.78, 5) is 0. The van der Waals surface area contributed by atoms with Crippen LogP contribution in [0.2, 0.25) is 0 Å². The molecule has 3 fully saturated rings. The van der Waals surface area contributed by atoms with Gasteiger partial charge in [-0.3, -0.25) is 0 Å². The molecule has 3 aliphatic rings. The molecule has 2 atom stereocenters. The third-order valence-corrected chi connectivity index (χ3v) is 4.48. The van der Waals surface area contributed by atoms with E-state index in [0.717, 1.165) is 23.7 Å². The van der Waals surface area contributed by atoms with Crippen LogP contribution < -0.4 is 0 Å². The summed E-state index contributed by atoms with van der Waals surface area (Å²) in [6.45, 7) is 0. The standard InChI is InChI=1S/C13H20/c1-2-7-12-11(6-1)13(12)9-8-10-4-3-5-10/h8-13H,1-7H2. The Bertz CT molecular complexity index is 200. The van der Waals surface area contributed by atoms with Crippen LogP contribution in [0.5, 0.6) is 0 Å². The lowest BCUT2D eigenvalue weighted by Gasteiger charge is -2.21. The summed E-state index contributed by atoms with van der Waals surface area (Å²) >= 11 is 0. The van der Waals surface area contributed by atoms with Crippen LogP contribution in [0.3, 0.4) is 0 Å². The molecule has 0 N–H and O–H groups in total. The molecule has 0 nitrogen and oxygen atoms in total. The van der Waals surface area contributed by atoms with E-state index in [0.29, 0.717) is 0 Å². The van der Waals surface area contributed by atoms with Crippen LogP contribution in [-0.2, 0) is 0 Å². The van der Waals surface area contributed by atoms with Crippen molar-refractivity contribution in [1.29, 1.82) is 0 Å². The van der Waals surface area contributed by atoms with Crippen molar-refractivity contribution in [2.24, 2.45) is 23.7 Å². The average Bonchev–Trinajstić information content (AvgIpc) is 2.77. The van der Waals surface area contributed by atoms with Crippen LogP contribution in [0.1, 0.15) is 44.9 Å². The molecule has 3 rings (SSSR count). The van der Waals surface area contributed by atoms with E-state index in [2.05, 4.69) is 12.2 Å². The first-order valence-electron chi connectivity index (χ1n) is 6.13. The van der Waals surface area contributed by atoms with Gasteiger partial charge in [-0.25, -0.2) is 0 Å². The predicted octanol–water partition coefficient (Wildman–Crippen LogP) is 3.78. The van der Waals surface area contributed by atoms with Gasteiger partial charge in [-0.15, -0.1) is 0 Å². The summed E-state index contributed by atoms with van der Waals surface area (Å²) in [7, 11) is 0. The summed E-state index contributed by atoms with van der Waals surface area (Å²) in [6, 6.07) is 0. The van der Waals surface area contributed by atoms with Crippen LogP contribution in [0.15, 0.2) is 12.2 Å². The fourth-order valence-corrected chi connectivity index (χ4v) is 3.25. The fourth-order valence-electron chi connectivity index (χ4n) is 3.25. The second-order valence-corrected chi connectivity index (χ2v) is 5.27. The van der Waals surface area contributed by atoms with Crippen LogP contribution in [0.25, 0.3) is 0 Å². The Labute approximate surface area is 81.4 Å². The maximum atomic E-state index is 2.57. The zero-order chi connectivity index (χ0) is 8.67. The highest BCUT2D eigenvalue weighted by Gasteiger charge is 2.48. The molecule has 3 saturated carbocycles. The number of fused-ring (bicyclic) bond motifs is 1. The van der Waals surface area contributed by atoms with E-state index >= 15 is 0 Å². The van der Waals surface area contributed by atoms with E-state index in [-0.39, 0.29) is 0 Å². The predicted molar refractivity (Wildman–Crippen MR) is 55.4 cm³/mol. The van der Waals surface area contributed by atoms with Crippen molar-refractivity contribution in [2.75, 3.05) is 0 Å².